The topological polar surface area (TPSA) is 66.8 Å². The smallest absolute Gasteiger partial charge is 0.333 e. The van der Waals surface area contributed by atoms with Crippen molar-refractivity contribution in [2.75, 3.05) is 0 Å². The molecule has 0 amide bonds. The fourth-order valence-electron chi connectivity index (χ4n) is 6.46. The Balaban J connectivity index is 2.43. The van der Waals surface area contributed by atoms with E-state index in [1.807, 2.05) is 13.8 Å². The Hall–Kier alpha value is -1.13. The average molecular weight is 407 g/mol. The van der Waals surface area contributed by atoms with E-state index in [9.17, 15) is 15.0 Å². The Bertz CT molecular complexity index is 658. The molecule has 4 heteroatoms. The maximum Gasteiger partial charge on any atom is 0.333 e. The Kier molecular flexibility index (Phi) is 6.81. The quantitative estimate of drug-likeness (QED) is 0.362. The molecule has 0 unspecified atom stereocenters. The number of hydrogen-bond acceptors (Lipinski definition) is 4. The van der Waals surface area contributed by atoms with Crippen LogP contribution in [0.3, 0.4) is 0 Å². The fourth-order valence-corrected chi connectivity index (χ4v) is 6.46. The summed E-state index contributed by atoms with van der Waals surface area (Å²) in [6.07, 6.45) is 7.92. The first-order valence-electron chi connectivity index (χ1n) is 11.1. The van der Waals surface area contributed by atoms with Crippen molar-refractivity contribution < 1.29 is 19.7 Å². The van der Waals surface area contributed by atoms with E-state index in [2.05, 4.69) is 27.4 Å². The minimum absolute atomic E-state index is 0.0114. The molecular weight excluding hydrogens is 364 g/mol. The zero-order valence-corrected chi connectivity index (χ0v) is 19.5. The van der Waals surface area contributed by atoms with Gasteiger partial charge in [-0.05, 0) is 70.1 Å². The van der Waals surface area contributed by atoms with Gasteiger partial charge in [0.2, 0.25) is 0 Å². The predicted octanol–water partition coefficient (Wildman–Crippen LogP) is 5.19. The van der Waals surface area contributed by atoms with Crippen molar-refractivity contribution in [1.82, 2.24) is 0 Å². The Labute approximate surface area is 177 Å². The maximum absolute atomic E-state index is 12.6. The second-order valence-corrected chi connectivity index (χ2v) is 11.0. The Morgan fingerprint density at radius 1 is 1.28 bits per heavy atom. The summed E-state index contributed by atoms with van der Waals surface area (Å²) >= 11 is 0. The first kappa shape index (κ1) is 24.1. The summed E-state index contributed by atoms with van der Waals surface area (Å²) in [5, 5.41) is 22.0. The largest absolute Gasteiger partial charge is 0.459 e. The third-order valence-electron chi connectivity index (χ3n) is 8.01. The van der Waals surface area contributed by atoms with Gasteiger partial charge in [0.15, 0.2) is 0 Å². The van der Waals surface area contributed by atoms with Gasteiger partial charge in [-0.2, -0.15) is 0 Å². The van der Waals surface area contributed by atoms with E-state index in [0.29, 0.717) is 24.8 Å². The Morgan fingerprint density at radius 3 is 2.45 bits per heavy atom. The molecule has 0 spiro atoms. The molecule has 2 fully saturated rings. The van der Waals surface area contributed by atoms with Gasteiger partial charge in [0.05, 0.1) is 11.2 Å². The summed E-state index contributed by atoms with van der Waals surface area (Å²) in [5.41, 5.74) is -1.47. The van der Waals surface area contributed by atoms with Gasteiger partial charge in [0, 0.05) is 17.9 Å². The highest BCUT2D eigenvalue weighted by atomic mass is 16.5. The second kappa shape index (κ2) is 8.19. The monoisotopic (exact) mass is 406 g/mol. The molecule has 29 heavy (non-hydrogen) atoms. The van der Waals surface area contributed by atoms with Crippen LogP contribution >= 0.6 is 0 Å². The molecule has 2 saturated carbocycles. The molecule has 166 valence electrons. The molecule has 2 rings (SSSR count). The SMILES string of the molecule is C=C[C@](C)(O)CC[C@@H]1[C@@]2(C)CCCC(C)(C)[C@@H]2[C@@H](OC(=O)/C(C)=C\C)C[C@@]1(C)O. The summed E-state index contributed by atoms with van der Waals surface area (Å²) in [6.45, 7) is 17.8. The summed E-state index contributed by atoms with van der Waals surface area (Å²) in [4.78, 5) is 12.6. The van der Waals surface area contributed by atoms with Gasteiger partial charge in [-0.15, -0.1) is 6.58 Å². The number of hydrogen-bond donors (Lipinski definition) is 2. The summed E-state index contributed by atoms with van der Waals surface area (Å²) in [6, 6.07) is 0. The average Bonchev–Trinajstić information content (AvgIpc) is 2.58. The second-order valence-electron chi connectivity index (χ2n) is 11.0. The highest BCUT2D eigenvalue weighted by Crippen LogP contribution is 2.63. The van der Waals surface area contributed by atoms with E-state index in [0.717, 1.165) is 19.3 Å². The van der Waals surface area contributed by atoms with Gasteiger partial charge in [0.25, 0.3) is 0 Å². The predicted molar refractivity (Wildman–Crippen MR) is 117 cm³/mol. The van der Waals surface area contributed by atoms with Crippen LogP contribution in [-0.4, -0.2) is 33.5 Å². The number of carbonyl (C=O) groups is 1. The van der Waals surface area contributed by atoms with Crippen LogP contribution in [0.5, 0.6) is 0 Å². The number of rotatable bonds is 6. The van der Waals surface area contributed by atoms with Crippen LogP contribution in [-0.2, 0) is 9.53 Å². The van der Waals surface area contributed by atoms with E-state index in [4.69, 9.17) is 4.74 Å². The van der Waals surface area contributed by atoms with Gasteiger partial charge in [-0.1, -0.05) is 39.3 Å². The number of allylic oxidation sites excluding steroid dienone is 1. The molecule has 0 bridgehead atoms. The van der Waals surface area contributed by atoms with Crippen LogP contribution in [0, 0.1) is 22.7 Å². The number of fused-ring (bicyclic) bond motifs is 1. The lowest BCUT2D eigenvalue weighted by Crippen LogP contribution is -2.63. The van der Waals surface area contributed by atoms with Crippen molar-refractivity contribution in [3.63, 3.8) is 0 Å². The van der Waals surface area contributed by atoms with Crippen LogP contribution < -0.4 is 0 Å². The van der Waals surface area contributed by atoms with Crippen molar-refractivity contribution in [1.29, 1.82) is 0 Å². The fraction of sp³-hybridized carbons (Fsp3) is 0.800. The standard InChI is InChI=1S/C25H42O4/c1-9-17(3)21(26)29-18-16-25(8,28)19(12-15-23(6,27)10-2)24(7)14-11-13-22(4,5)20(18)24/h9-10,18-20,27-28H,2,11-16H2,1,3-8H3/b17-9-/t18-,19+,20-,23-,24+,25+/m0/s1. The molecule has 2 N–H and O–H groups in total. The summed E-state index contributed by atoms with van der Waals surface area (Å²) < 4.78 is 6.03. The molecule has 0 aliphatic heterocycles. The number of ether oxygens (including phenoxy) is 1. The van der Waals surface area contributed by atoms with Crippen LogP contribution in [0.25, 0.3) is 0 Å². The van der Waals surface area contributed by atoms with Crippen LogP contribution in [0.2, 0.25) is 0 Å². The van der Waals surface area contributed by atoms with Crippen molar-refractivity contribution in [2.24, 2.45) is 22.7 Å². The van der Waals surface area contributed by atoms with Gasteiger partial charge in [0.1, 0.15) is 6.10 Å². The van der Waals surface area contributed by atoms with E-state index < -0.39 is 11.2 Å². The highest BCUT2D eigenvalue weighted by molar-refractivity contribution is 5.87. The van der Waals surface area contributed by atoms with E-state index >= 15 is 0 Å². The summed E-state index contributed by atoms with van der Waals surface area (Å²) in [5.74, 6) is -0.106. The van der Waals surface area contributed by atoms with Crippen LogP contribution in [0.4, 0.5) is 0 Å². The van der Waals surface area contributed by atoms with Crippen LogP contribution in [0.1, 0.15) is 87.0 Å². The van der Waals surface area contributed by atoms with Gasteiger partial charge in [-0.3, -0.25) is 0 Å². The molecule has 0 saturated heterocycles. The minimum Gasteiger partial charge on any atom is -0.459 e. The van der Waals surface area contributed by atoms with Crippen molar-refractivity contribution >= 4 is 5.97 Å². The Morgan fingerprint density at radius 2 is 1.90 bits per heavy atom. The third kappa shape index (κ3) is 4.80. The van der Waals surface area contributed by atoms with E-state index in [1.165, 1.54) is 0 Å². The van der Waals surface area contributed by atoms with E-state index in [-0.39, 0.29) is 34.7 Å². The molecule has 2 aliphatic rings. The number of carbonyl (C=O) groups excluding carboxylic acids is 1. The zero-order valence-electron chi connectivity index (χ0n) is 19.5. The third-order valence-corrected chi connectivity index (χ3v) is 8.01. The zero-order chi connectivity index (χ0) is 22.3. The van der Waals surface area contributed by atoms with Crippen molar-refractivity contribution in [2.45, 2.75) is 104 Å². The van der Waals surface area contributed by atoms with Gasteiger partial charge in [-0.25, -0.2) is 4.79 Å². The van der Waals surface area contributed by atoms with Crippen molar-refractivity contribution in [3.8, 4) is 0 Å². The molecule has 0 aromatic carbocycles. The normalized spacial score (nSPS) is 39.2. The van der Waals surface area contributed by atoms with Gasteiger partial charge >= 0.3 is 5.97 Å². The molecule has 2 aliphatic carbocycles. The molecule has 0 radical (unpaired) electrons. The molecule has 4 nitrogen and oxygen atoms in total. The van der Waals surface area contributed by atoms with Gasteiger partial charge < -0.3 is 14.9 Å². The first-order valence-corrected chi connectivity index (χ1v) is 11.1. The molecule has 0 aromatic heterocycles. The minimum atomic E-state index is -0.968. The summed E-state index contributed by atoms with van der Waals surface area (Å²) in [7, 11) is 0. The molecule has 0 heterocycles. The highest BCUT2D eigenvalue weighted by Gasteiger charge is 2.62. The first-order chi connectivity index (χ1) is 13.2. The maximum atomic E-state index is 12.6. The molecular formula is C25H42O4. The molecule has 6 atom stereocenters. The number of esters is 1. The molecule has 0 aromatic rings. The van der Waals surface area contributed by atoms with E-state index in [1.54, 1.807) is 26.0 Å². The lowest BCUT2D eigenvalue weighted by atomic mass is 9.44. The van der Waals surface area contributed by atoms with Crippen LogP contribution in [0.15, 0.2) is 24.3 Å². The lowest BCUT2D eigenvalue weighted by molar-refractivity contribution is -0.225. The number of aliphatic hydroxyl groups is 2. The van der Waals surface area contributed by atoms with Crippen molar-refractivity contribution in [3.05, 3.63) is 24.3 Å². The lowest BCUT2D eigenvalue weighted by Gasteiger charge is -2.63.